The number of thiazole rings is 1. The van der Waals surface area contributed by atoms with Gasteiger partial charge in [-0.05, 0) is 43.2 Å². The van der Waals surface area contributed by atoms with E-state index in [1.165, 1.54) is 29.9 Å². The Bertz CT molecular complexity index is 1840. The number of benzene rings is 2. The van der Waals surface area contributed by atoms with Gasteiger partial charge in [-0.1, -0.05) is 47.7 Å². The third kappa shape index (κ3) is 5.54. The molecular weight excluding hydrogens is 550 g/mol. The Kier molecular flexibility index (Phi) is 7.83. The molecule has 0 unspecified atom stereocenters. The largest absolute Gasteiger partial charge is 0.493 e. The lowest BCUT2D eigenvalue weighted by Crippen LogP contribution is -2.35. The van der Waals surface area contributed by atoms with Gasteiger partial charge < -0.3 is 18.6 Å². The second kappa shape index (κ2) is 11.6. The summed E-state index contributed by atoms with van der Waals surface area (Å²) < 4.78 is 23.7. The molecule has 2 aromatic heterocycles. The molecule has 1 aliphatic rings. The second-order valence-corrected chi connectivity index (χ2v) is 9.91. The number of nitro groups is 1. The topological polar surface area (TPSA) is 135 Å². The van der Waals surface area contributed by atoms with Crippen LogP contribution in [0.25, 0.3) is 11.8 Å². The first-order valence-corrected chi connectivity index (χ1v) is 13.4. The standard InChI is InChI=1S/C29H25N3O8S/c1-4-38-28(34)25-17(2)31-27(33)23(15-20-11-13-24(40-20)32(35)36)41-29(31)30-26(25)19-10-12-21(22(14-19)37-3)39-16-18-8-6-5-7-9-18/h5-15,26H,4,16H2,1-3H3/b23-15+/t26-/m0/s1. The minimum atomic E-state index is -0.790. The predicted molar refractivity (Wildman–Crippen MR) is 150 cm³/mol. The molecule has 11 nitrogen and oxygen atoms in total. The van der Waals surface area contributed by atoms with Gasteiger partial charge in [0.05, 0.1) is 25.4 Å². The molecule has 0 spiro atoms. The maximum Gasteiger partial charge on any atom is 0.433 e. The van der Waals surface area contributed by atoms with Crippen LogP contribution in [0, 0.1) is 10.1 Å². The summed E-state index contributed by atoms with van der Waals surface area (Å²) in [6.07, 6.45) is 1.41. The van der Waals surface area contributed by atoms with Crippen LogP contribution in [0.3, 0.4) is 0 Å². The molecular formula is C29H25N3O8S. The van der Waals surface area contributed by atoms with E-state index in [1.807, 2.05) is 30.3 Å². The van der Waals surface area contributed by atoms with Crippen LogP contribution in [0.1, 0.15) is 36.8 Å². The average Bonchev–Trinajstić information content (AvgIpc) is 3.57. The number of nitrogens with zero attached hydrogens (tertiary/aromatic N) is 3. The Hall–Kier alpha value is -4.97. The van der Waals surface area contributed by atoms with Crippen molar-refractivity contribution < 1.29 is 28.3 Å². The predicted octanol–water partition coefficient (Wildman–Crippen LogP) is 4.00. The highest BCUT2D eigenvalue weighted by atomic mass is 32.1. The maximum atomic E-state index is 13.4. The van der Waals surface area contributed by atoms with Crippen LogP contribution in [0.5, 0.6) is 11.5 Å². The van der Waals surface area contributed by atoms with Crippen molar-refractivity contribution in [1.29, 1.82) is 0 Å². The summed E-state index contributed by atoms with van der Waals surface area (Å²) in [6, 6.07) is 16.8. The molecule has 210 valence electrons. The van der Waals surface area contributed by atoms with Crippen molar-refractivity contribution >= 4 is 35.0 Å². The van der Waals surface area contributed by atoms with Crippen LogP contribution in [-0.4, -0.2) is 29.2 Å². The zero-order valence-electron chi connectivity index (χ0n) is 22.4. The average molecular weight is 576 g/mol. The van der Waals surface area contributed by atoms with E-state index in [2.05, 4.69) is 0 Å². The molecule has 1 atom stereocenters. The van der Waals surface area contributed by atoms with Crippen molar-refractivity contribution in [3.8, 4) is 11.5 Å². The second-order valence-electron chi connectivity index (χ2n) is 8.90. The van der Waals surface area contributed by atoms with Gasteiger partial charge >= 0.3 is 11.9 Å². The van der Waals surface area contributed by atoms with Crippen LogP contribution in [0.4, 0.5) is 5.88 Å². The third-order valence-corrected chi connectivity index (χ3v) is 7.33. The number of carbonyl (C=O) groups excluding carboxylic acids is 1. The van der Waals surface area contributed by atoms with Crippen molar-refractivity contribution in [2.24, 2.45) is 4.99 Å². The van der Waals surface area contributed by atoms with Crippen molar-refractivity contribution in [3.05, 3.63) is 113 Å². The van der Waals surface area contributed by atoms with Crippen LogP contribution in [0.2, 0.25) is 0 Å². The van der Waals surface area contributed by atoms with E-state index < -0.39 is 28.4 Å². The fourth-order valence-electron chi connectivity index (χ4n) is 4.41. The number of hydrogen-bond donors (Lipinski definition) is 0. The van der Waals surface area contributed by atoms with Gasteiger partial charge in [-0.15, -0.1) is 0 Å². The van der Waals surface area contributed by atoms with E-state index in [0.717, 1.165) is 16.9 Å². The number of ether oxygens (including phenoxy) is 3. The van der Waals surface area contributed by atoms with E-state index in [0.29, 0.717) is 34.2 Å². The molecule has 0 fully saturated rings. The van der Waals surface area contributed by atoms with Gasteiger partial charge in [0, 0.05) is 11.8 Å². The first-order valence-electron chi connectivity index (χ1n) is 12.6. The van der Waals surface area contributed by atoms with Crippen molar-refractivity contribution in [2.75, 3.05) is 13.7 Å². The lowest BCUT2D eigenvalue weighted by atomic mass is 9.96. The van der Waals surface area contributed by atoms with Gasteiger partial charge in [-0.25, -0.2) is 9.79 Å². The molecule has 0 saturated carbocycles. The van der Waals surface area contributed by atoms with Crippen LogP contribution in [0.15, 0.2) is 80.4 Å². The highest BCUT2D eigenvalue weighted by molar-refractivity contribution is 7.07. The summed E-state index contributed by atoms with van der Waals surface area (Å²) in [5.74, 6) is 0.0859. The number of hydrogen-bond acceptors (Lipinski definition) is 10. The van der Waals surface area contributed by atoms with E-state index >= 15 is 0 Å². The molecule has 5 rings (SSSR count). The number of carbonyl (C=O) groups is 1. The minimum Gasteiger partial charge on any atom is -0.493 e. The summed E-state index contributed by atoms with van der Waals surface area (Å²) in [7, 11) is 1.53. The minimum absolute atomic E-state index is 0.139. The molecule has 0 radical (unpaired) electrons. The van der Waals surface area contributed by atoms with Crippen molar-refractivity contribution in [1.82, 2.24) is 4.57 Å². The lowest BCUT2D eigenvalue weighted by Gasteiger charge is -2.23. The van der Waals surface area contributed by atoms with Gasteiger partial charge in [0.2, 0.25) is 0 Å². The van der Waals surface area contributed by atoms with Gasteiger partial charge in [-0.2, -0.15) is 0 Å². The molecule has 0 amide bonds. The Morgan fingerprint density at radius 1 is 1.17 bits per heavy atom. The summed E-state index contributed by atoms with van der Waals surface area (Å²) in [4.78, 5) is 42.0. The first kappa shape index (κ1) is 27.6. The quantitative estimate of drug-likeness (QED) is 0.166. The lowest BCUT2D eigenvalue weighted by molar-refractivity contribution is -0.402. The number of furan rings is 1. The maximum absolute atomic E-state index is 13.4. The number of allylic oxidation sites excluding steroid dienone is 1. The zero-order chi connectivity index (χ0) is 29.1. The number of rotatable bonds is 9. The molecule has 0 bridgehead atoms. The number of fused-ring (bicyclic) bond motifs is 1. The normalized spacial score (nSPS) is 14.8. The highest BCUT2D eigenvalue weighted by Gasteiger charge is 2.32. The van der Waals surface area contributed by atoms with Crippen molar-refractivity contribution in [3.63, 3.8) is 0 Å². The molecule has 0 aliphatic carbocycles. The van der Waals surface area contributed by atoms with Gasteiger partial charge in [0.15, 0.2) is 16.3 Å². The Morgan fingerprint density at radius 2 is 1.95 bits per heavy atom. The van der Waals surface area contributed by atoms with Crippen molar-refractivity contribution in [2.45, 2.75) is 26.5 Å². The summed E-state index contributed by atoms with van der Waals surface area (Å²) in [5, 5.41) is 11.0. The van der Waals surface area contributed by atoms with Gasteiger partial charge in [0.1, 0.15) is 27.9 Å². The summed E-state index contributed by atoms with van der Waals surface area (Å²) >= 11 is 1.08. The molecule has 1 aliphatic heterocycles. The molecule has 41 heavy (non-hydrogen) atoms. The number of esters is 1. The molecule has 12 heteroatoms. The molecule has 0 N–H and O–H groups in total. The first-order chi connectivity index (χ1) is 19.8. The summed E-state index contributed by atoms with van der Waals surface area (Å²) in [6.45, 7) is 3.83. The van der Waals surface area contributed by atoms with E-state index in [4.69, 9.17) is 23.6 Å². The Balaban J connectivity index is 1.58. The van der Waals surface area contributed by atoms with Gasteiger partial charge in [-0.3, -0.25) is 19.5 Å². The van der Waals surface area contributed by atoms with Crippen LogP contribution in [-0.2, 0) is 16.1 Å². The van der Waals surface area contributed by atoms with E-state index in [-0.39, 0.29) is 22.5 Å². The molecule has 2 aromatic carbocycles. The number of methoxy groups -OCH3 is 1. The fraction of sp³-hybridized carbons (Fsp3) is 0.207. The van der Waals surface area contributed by atoms with Crippen LogP contribution < -0.4 is 24.4 Å². The number of aromatic nitrogens is 1. The van der Waals surface area contributed by atoms with E-state index in [9.17, 15) is 19.7 Å². The van der Waals surface area contributed by atoms with E-state index in [1.54, 1.807) is 32.0 Å². The zero-order valence-corrected chi connectivity index (χ0v) is 23.2. The Morgan fingerprint density at radius 3 is 2.63 bits per heavy atom. The molecule has 0 saturated heterocycles. The SMILES string of the molecule is CCOC(=O)C1=C(C)n2c(s/c(=C/c3ccc([N+](=O)[O-])o3)c2=O)=N[C@H]1c1ccc(OCc2ccccc2)c(OC)c1. The smallest absolute Gasteiger partial charge is 0.433 e. The highest BCUT2D eigenvalue weighted by Crippen LogP contribution is 2.37. The summed E-state index contributed by atoms with van der Waals surface area (Å²) in [5.41, 5.74) is 1.77. The molecule has 3 heterocycles. The van der Waals surface area contributed by atoms with Crippen LogP contribution >= 0.6 is 11.3 Å². The fourth-order valence-corrected chi connectivity index (χ4v) is 5.43. The third-order valence-electron chi connectivity index (χ3n) is 6.35. The van der Waals surface area contributed by atoms with Gasteiger partial charge in [0.25, 0.3) is 5.56 Å². The monoisotopic (exact) mass is 575 g/mol. The Labute approximate surface area is 237 Å². The molecule has 4 aromatic rings.